The maximum atomic E-state index is 12.4. The Balaban J connectivity index is 1.52. The minimum absolute atomic E-state index is 0.0488. The summed E-state index contributed by atoms with van der Waals surface area (Å²) >= 11 is 0. The quantitative estimate of drug-likeness (QED) is 0.779. The number of hydrogen-bond acceptors (Lipinski definition) is 4. The number of carbonyl (C=O) groups is 2. The van der Waals surface area contributed by atoms with Crippen molar-refractivity contribution in [3.63, 3.8) is 0 Å². The molecule has 6 nitrogen and oxygen atoms in total. The monoisotopic (exact) mass is 345 g/mol. The SMILES string of the molecule is C[C@H]1C[C@@H](C(=O)Nc2ccc(C(=O)NC3CCOCC3)cc2)CCN1. The zero-order chi connectivity index (χ0) is 17.6. The molecule has 2 atom stereocenters. The first kappa shape index (κ1) is 17.9. The van der Waals surface area contributed by atoms with Crippen LogP contribution in [0, 0.1) is 5.92 Å². The molecule has 2 saturated heterocycles. The highest BCUT2D eigenvalue weighted by Crippen LogP contribution is 2.19. The Morgan fingerprint density at radius 2 is 1.84 bits per heavy atom. The van der Waals surface area contributed by atoms with Gasteiger partial charge in [0, 0.05) is 42.5 Å². The lowest BCUT2D eigenvalue weighted by Gasteiger charge is -2.27. The highest BCUT2D eigenvalue weighted by Gasteiger charge is 2.24. The maximum Gasteiger partial charge on any atom is 0.251 e. The summed E-state index contributed by atoms with van der Waals surface area (Å²) in [5.74, 6) is 0.0393. The molecule has 1 aromatic rings. The lowest BCUT2D eigenvalue weighted by molar-refractivity contribution is -0.120. The molecule has 6 heteroatoms. The zero-order valence-electron chi connectivity index (χ0n) is 14.7. The van der Waals surface area contributed by atoms with Gasteiger partial charge in [0.25, 0.3) is 5.91 Å². The summed E-state index contributed by atoms with van der Waals surface area (Å²) in [7, 11) is 0. The van der Waals surface area contributed by atoms with Gasteiger partial charge in [-0.2, -0.15) is 0 Å². The topological polar surface area (TPSA) is 79.5 Å². The van der Waals surface area contributed by atoms with E-state index in [1.54, 1.807) is 24.3 Å². The van der Waals surface area contributed by atoms with Crippen molar-refractivity contribution in [1.82, 2.24) is 10.6 Å². The van der Waals surface area contributed by atoms with E-state index in [-0.39, 0.29) is 23.8 Å². The Bertz CT molecular complexity index is 596. The summed E-state index contributed by atoms with van der Waals surface area (Å²) in [5, 5.41) is 9.36. The minimum atomic E-state index is -0.0723. The lowest BCUT2D eigenvalue weighted by atomic mass is 9.92. The summed E-state index contributed by atoms with van der Waals surface area (Å²) in [6, 6.07) is 7.66. The third-order valence-corrected chi connectivity index (χ3v) is 4.97. The van der Waals surface area contributed by atoms with E-state index in [1.165, 1.54) is 0 Å². The average molecular weight is 345 g/mol. The standard InChI is InChI=1S/C19H27N3O3/c1-13-12-15(6-9-20-13)19(24)21-16-4-2-14(3-5-16)18(23)22-17-7-10-25-11-8-17/h2-5,13,15,17,20H,6-12H2,1H3,(H,21,24)(H,22,23)/t13-,15-/m0/s1. The second-order valence-corrected chi connectivity index (χ2v) is 7.00. The van der Waals surface area contributed by atoms with Crippen LogP contribution in [-0.2, 0) is 9.53 Å². The van der Waals surface area contributed by atoms with Gasteiger partial charge in [0.1, 0.15) is 0 Å². The maximum absolute atomic E-state index is 12.4. The number of ether oxygens (including phenoxy) is 1. The number of carbonyl (C=O) groups excluding carboxylic acids is 2. The van der Waals surface area contributed by atoms with Crippen LogP contribution < -0.4 is 16.0 Å². The van der Waals surface area contributed by atoms with Gasteiger partial charge in [0.05, 0.1) is 0 Å². The predicted octanol–water partition coefficient (Wildman–Crippen LogP) is 1.92. The fourth-order valence-electron chi connectivity index (χ4n) is 3.43. The minimum Gasteiger partial charge on any atom is -0.381 e. The Labute approximate surface area is 148 Å². The molecule has 0 aliphatic carbocycles. The van der Waals surface area contributed by atoms with E-state index in [4.69, 9.17) is 4.74 Å². The molecule has 2 heterocycles. The zero-order valence-corrected chi connectivity index (χ0v) is 14.7. The molecule has 2 fully saturated rings. The summed E-state index contributed by atoms with van der Waals surface area (Å²) in [5.41, 5.74) is 1.35. The smallest absolute Gasteiger partial charge is 0.251 e. The summed E-state index contributed by atoms with van der Waals surface area (Å²) in [6.45, 7) is 4.38. The normalized spacial score (nSPS) is 24.5. The van der Waals surface area contributed by atoms with E-state index in [9.17, 15) is 9.59 Å². The molecule has 0 spiro atoms. The third-order valence-electron chi connectivity index (χ3n) is 4.97. The van der Waals surface area contributed by atoms with Crippen LogP contribution in [-0.4, -0.2) is 43.7 Å². The Kier molecular flexibility index (Phi) is 6.04. The summed E-state index contributed by atoms with van der Waals surface area (Å²) < 4.78 is 5.30. The molecular weight excluding hydrogens is 318 g/mol. The predicted molar refractivity (Wildman–Crippen MR) is 96.6 cm³/mol. The van der Waals surface area contributed by atoms with E-state index in [0.29, 0.717) is 24.8 Å². The van der Waals surface area contributed by atoms with Crippen molar-refractivity contribution in [2.24, 2.45) is 5.92 Å². The fraction of sp³-hybridized carbons (Fsp3) is 0.579. The molecular formula is C19H27N3O3. The highest BCUT2D eigenvalue weighted by atomic mass is 16.5. The number of piperidine rings is 1. The molecule has 3 rings (SSSR count). The number of benzene rings is 1. The molecule has 3 N–H and O–H groups in total. The van der Waals surface area contributed by atoms with Crippen LogP contribution in [0.25, 0.3) is 0 Å². The van der Waals surface area contributed by atoms with E-state index < -0.39 is 0 Å². The highest BCUT2D eigenvalue weighted by molar-refractivity contribution is 5.96. The van der Waals surface area contributed by atoms with Crippen LogP contribution in [0.15, 0.2) is 24.3 Å². The number of nitrogens with one attached hydrogen (secondary N) is 3. The van der Waals surface area contributed by atoms with Gasteiger partial charge in [-0.15, -0.1) is 0 Å². The van der Waals surface area contributed by atoms with Gasteiger partial charge in [-0.05, 0) is 63.4 Å². The van der Waals surface area contributed by atoms with Gasteiger partial charge in [0.2, 0.25) is 5.91 Å². The number of rotatable bonds is 4. The molecule has 0 saturated carbocycles. The summed E-state index contributed by atoms with van der Waals surface area (Å²) in [4.78, 5) is 24.6. The first-order chi connectivity index (χ1) is 12.1. The lowest BCUT2D eigenvalue weighted by Crippen LogP contribution is -2.40. The van der Waals surface area contributed by atoms with Gasteiger partial charge in [-0.1, -0.05) is 0 Å². The molecule has 25 heavy (non-hydrogen) atoms. The van der Waals surface area contributed by atoms with Crippen LogP contribution in [0.2, 0.25) is 0 Å². The van der Waals surface area contributed by atoms with Crippen molar-refractivity contribution in [3.05, 3.63) is 29.8 Å². The van der Waals surface area contributed by atoms with Crippen molar-refractivity contribution in [1.29, 1.82) is 0 Å². The van der Waals surface area contributed by atoms with E-state index in [1.807, 2.05) is 0 Å². The van der Waals surface area contributed by atoms with Gasteiger partial charge in [-0.25, -0.2) is 0 Å². The molecule has 0 bridgehead atoms. The molecule has 2 amide bonds. The summed E-state index contributed by atoms with van der Waals surface area (Å²) in [6.07, 6.45) is 3.43. The van der Waals surface area contributed by atoms with Gasteiger partial charge < -0.3 is 20.7 Å². The van der Waals surface area contributed by atoms with Crippen LogP contribution >= 0.6 is 0 Å². The van der Waals surface area contributed by atoms with Crippen molar-refractivity contribution >= 4 is 17.5 Å². The molecule has 0 unspecified atom stereocenters. The van der Waals surface area contributed by atoms with Crippen LogP contribution in [0.1, 0.15) is 43.0 Å². The third kappa shape index (κ3) is 5.03. The van der Waals surface area contributed by atoms with Gasteiger partial charge >= 0.3 is 0 Å². The molecule has 1 aromatic carbocycles. The Morgan fingerprint density at radius 1 is 1.12 bits per heavy atom. The molecule has 2 aliphatic heterocycles. The van der Waals surface area contributed by atoms with E-state index in [2.05, 4.69) is 22.9 Å². The van der Waals surface area contributed by atoms with E-state index in [0.717, 1.165) is 37.9 Å². The van der Waals surface area contributed by atoms with Gasteiger partial charge in [-0.3, -0.25) is 9.59 Å². The average Bonchev–Trinajstić information content (AvgIpc) is 2.63. The van der Waals surface area contributed by atoms with Crippen molar-refractivity contribution < 1.29 is 14.3 Å². The molecule has 2 aliphatic rings. The number of hydrogen-bond donors (Lipinski definition) is 3. The fourth-order valence-corrected chi connectivity index (χ4v) is 3.43. The van der Waals surface area contributed by atoms with Crippen molar-refractivity contribution in [3.8, 4) is 0 Å². The van der Waals surface area contributed by atoms with Crippen LogP contribution in [0.3, 0.4) is 0 Å². The second-order valence-electron chi connectivity index (χ2n) is 7.00. The number of amides is 2. The van der Waals surface area contributed by atoms with Crippen LogP contribution in [0.4, 0.5) is 5.69 Å². The largest absolute Gasteiger partial charge is 0.381 e. The Morgan fingerprint density at radius 3 is 2.52 bits per heavy atom. The van der Waals surface area contributed by atoms with Crippen molar-refractivity contribution in [2.75, 3.05) is 25.1 Å². The number of anilines is 1. The second kappa shape index (κ2) is 8.45. The first-order valence-electron chi connectivity index (χ1n) is 9.15. The first-order valence-corrected chi connectivity index (χ1v) is 9.15. The molecule has 0 aromatic heterocycles. The molecule has 0 radical (unpaired) electrons. The van der Waals surface area contributed by atoms with Crippen LogP contribution in [0.5, 0.6) is 0 Å². The Hall–Kier alpha value is -1.92. The van der Waals surface area contributed by atoms with Gasteiger partial charge in [0.15, 0.2) is 0 Å². The van der Waals surface area contributed by atoms with E-state index >= 15 is 0 Å². The molecule has 136 valence electrons. The van der Waals surface area contributed by atoms with Crippen molar-refractivity contribution in [2.45, 2.75) is 44.7 Å².